The average Bonchev–Trinajstić information content (AvgIpc) is 3.16. The molecule has 1 atom stereocenters. The zero-order chi connectivity index (χ0) is 17.1. The molecule has 132 valence electrons. The van der Waals surface area contributed by atoms with Gasteiger partial charge in [0.2, 0.25) is 0 Å². The van der Waals surface area contributed by atoms with Crippen LogP contribution in [0.15, 0.2) is 30.3 Å². The van der Waals surface area contributed by atoms with E-state index in [-0.39, 0.29) is 0 Å². The van der Waals surface area contributed by atoms with Crippen molar-refractivity contribution in [3.05, 3.63) is 53.0 Å². The zero-order valence-corrected chi connectivity index (χ0v) is 14.9. The van der Waals surface area contributed by atoms with Crippen LogP contribution in [-0.4, -0.2) is 47.7 Å². The first-order chi connectivity index (χ1) is 12.3. The van der Waals surface area contributed by atoms with Gasteiger partial charge >= 0.3 is 0 Å². The molecule has 0 amide bonds. The lowest BCUT2D eigenvalue weighted by Gasteiger charge is -2.28. The number of nitrogens with zero attached hydrogens (tertiary/aromatic N) is 3. The normalized spacial score (nSPS) is 20.4. The van der Waals surface area contributed by atoms with Gasteiger partial charge in [-0.3, -0.25) is 4.90 Å². The van der Waals surface area contributed by atoms with Crippen LogP contribution < -0.4 is 5.32 Å². The first kappa shape index (κ1) is 16.5. The predicted molar refractivity (Wildman–Crippen MR) is 98.9 cm³/mol. The molecule has 0 unspecified atom stereocenters. The minimum atomic E-state index is 0.417. The van der Waals surface area contributed by atoms with E-state index in [1.807, 2.05) is 6.92 Å². The fourth-order valence-corrected chi connectivity index (χ4v) is 3.75. The van der Waals surface area contributed by atoms with Gasteiger partial charge in [-0.15, -0.1) is 0 Å². The quantitative estimate of drug-likeness (QED) is 0.908. The molecule has 1 N–H and O–H groups in total. The van der Waals surface area contributed by atoms with Crippen LogP contribution in [0, 0.1) is 6.92 Å². The van der Waals surface area contributed by atoms with Crippen LogP contribution in [0.5, 0.6) is 0 Å². The molecule has 0 spiro atoms. The highest BCUT2D eigenvalue weighted by molar-refractivity contribution is 5.37. The third kappa shape index (κ3) is 3.99. The van der Waals surface area contributed by atoms with E-state index < -0.39 is 0 Å². The lowest BCUT2D eigenvalue weighted by Crippen LogP contribution is -2.34. The molecule has 2 aliphatic rings. The maximum atomic E-state index is 5.49. The van der Waals surface area contributed by atoms with Gasteiger partial charge in [0.1, 0.15) is 11.6 Å². The highest BCUT2D eigenvalue weighted by Gasteiger charge is 2.20. The van der Waals surface area contributed by atoms with E-state index in [4.69, 9.17) is 4.74 Å². The van der Waals surface area contributed by atoms with Crippen LogP contribution in [-0.2, 0) is 17.7 Å². The van der Waals surface area contributed by atoms with Gasteiger partial charge in [-0.25, -0.2) is 9.97 Å². The lowest BCUT2D eigenvalue weighted by molar-refractivity contribution is 0.193. The fraction of sp³-hybridized carbons (Fsp3) is 0.500. The van der Waals surface area contributed by atoms with Gasteiger partial charge in [0.15, 0.2) is 0 Å². The van der Waals surface area contributed by atoms with Crippen LogP contribution in [0.2, 0.25) is 0 Å². The Morgan fingerprint density at radius 3 is 2.96 bits per heavy atom. The molecule has 5 heteroatoms. The van der Waals surface area contributed by atoms with E-state index in [1.165, 1.54) is 11.1 Å². The molecule has 0 radical (unpaired) electrons. The molecule has 0 aliphatic carbocycles. The van der Waals surface area contributed by atoms with Crippen molar-refractivity contribution in [3.8, 4) is 0 Å². The van der Waals surface area contributed by atoms with E-state index in [0.717, 1.165) is 69.6 Å². The van der Waals surface area contributed by atoms with E-state index in [0.29, 0.717) is 5.92 Å². The van der Waals surface area contributed by atoms with Crippen molar-refractivity contribution < 1.29 is 4.74 Å². The van der Waals surface area contributed by atoms with Crippen LogP contribution in [0.4, 0.5) is 5.82 Å². The summed E-state index contributed by atoms with van der Waals surface area (Å²) in [5.74, 6) is 2.19. The van der Waals surface area contributed by atoms with Crippen molar-refractivity contribution in [1.82, 2.24) is 14.9 Å². The molecule has 1 saturated heterocycles. The van der Waals surface area contributed by atoms with E-state index in [1.54, 1.807) is 0 Å². The maximum absolute atomic E-state index is 5.49. The van der Waals surface area contributed by atoms with E-state index >= 15 is 0 Å². The lowest BCUT2D eigenvalue weighted by atomic mass is 10.00. The molecular formula is C20H26N4O. The summed E-state index contributed by atoms with van der Waals surface area (Å²) >= 11 is 0. The summed E-state index contributed by atoms with van der Waals surface area (Å²) in [6, 6.07) is 10.9. The topological polar surface area (TPSA) is 50.3 Å². The highest BCUT2D eigenvalue weighted by atomic mass is 16.5. The van der Waals surface area contributed by atoms with Gasteiger partial charge in [-0.1, -0.05) is 24.3 Å². The van der Waals surface area contributed by atoms with Crippen LogP contribution in [0.1, 0.15) is 35.0 Å². The third-order valence-corrected chi connectivity index (χ3v) is 5.15. The Morgan fingerprint density at radius 2 is 2.12 bits per heavy atom. The number of ether oxygens (including phenoxy) is 1. The second-order valence-corrected chi connectivity index (χ2v) is 7.01. The van der Waals surface area contributed by atoms with E-state index in [9.17, 15) is 0 Å². The number of rotatable bonds is 5. The Kier molecular flexibility index (Phi) is 4.95. The number of aryl methyl sites for hydroxylation is 1. The van der Waals surface area contributed by atoms with Gasteiger partial charge in [-0.2, -0.15) is 0 Å². The molecule has 3 heterocycles. The van der Waals surface area contributed by atoms with Gasteiger partial charge in [-0.05, 0) is 30.9 Å². The number of anilines is 1. The molecule has 5 nitrogen and oxygen atoms in total. The van der Waals surface area contributed by atoms with Crippen molar-refractivity contribution in [3.63, 3.8) is 0 Å². The summed E-state index contributed by atoms with van der Waals surface area (Å²) in [4.78, 5) is 11.6. The summed E-state index contributed by atoms with van der Waals surface area (Å²) < 4.78 is 5.49. The molecule has 0 saturated carbocycles. The monoisotopic (exact) mass is 338 g/mol. The Morgan fingerprint density at radius 1 is 1.24 bits per heavy atom. The maximum Gasteiger partial charge on any atom is 0.129 e. The van der Waals surface area contributed by atoms with Crippen LogP contribution in [0.25, 0.3) is 0 Å². The molecule has 1 aromatic carbocycles. The van der Waals surface area contributed by atoms with Crippen molar-refractivity contribution in [2.75, 3.05) is 38.2 Å². The fourth-order valence-electron chi connectivity index (χ4n) is 3.75. The van der Waals surface area contributed by atoms with Crippen molar-refractivity contribution >= 4 is 5.82 Å². The number of hydrogen-bond acceptors (Lipinski definition) is 5. The Bertz CT molecular complexity index is 727. The number of fused-ring (bicyclic) bond motifs is 1. The van der Waals surface area contributed by atoms with Crippen LogP contribution in [0.3, 0.4) is 0 Å². The minimum absolute atomic E-state index is 0.417. The minimum Gasteiger partial charge on any atom is -0.381 e. The molecule has 1 aromatic heterocycles. The van der Waals surface area contributed by atoms with E-state index in [2.05, 4.69) is 50.5 Å². The second-order valence-electron chi connectivity index (χ2n) is 7.01. The molecule has 2 aliphatic heterocycles. The zero-order valence-electron chi connectivity index (χ0n) is 14.9. The largest absolute Gasteiger partial charge is 0.381 e. The van der Waals surface area contributed by atoms with Crippen molar-refractivity contribution in [2.24, 2.45) is 0 Å². The van der Waals surface area contributed by atoms with Gasteiger partial charge in [0.25, 0.3) is 0 Å². The first-order valence-electron chi connectivity index (χ1n) is 9.24. The van der Waals surface area contributed by atoms with Crippen molar-refractivity contribution in [2.45, 2.75) is 32.2 Å². The van der Waals surface area contributed by atoms with Crippen LogP contribution >= 0.6 is 0 Å². The van der Waals surface area contributed by atoms with Gasteiger partial charge in [0.05, 0.1) is 12.3 Å². The molecular weight excluding hydrogens is 312 g/mol. The summed E-state index contributed by atoms with van der Waals surface area (Å²) in [5, 5.41) is 3.49. The highest BCUT2D eigenvalue weighted by Crippen LogP contribution is 2.25. The summed E-state index contributed by atoms with van der Waals surface area (Å²) in [5.41, 5.74) is 4.08. The van der Waals surface area contributed by atoms with Crippen molar-refractivity contribution in [1.29, 1.82) is 0 Å². The Labute approximate surface area is 149 Å². The summed E-state index contributed by atoms with van der Waals surface area (Å²) in [6.45, 7) is 7.69. The smallest absolute Gasteiger partial charge is 0.129 e. The third-order valence-electron chi connectivity index (χ3n) is 5.15. The molecule has 4 rings (SSSR count). The molecule has 0 bridgehead atoms. The average molecular weight is 338 g/mol. The molecule has 25 heavy (non-hydrogen) atoms. The summed E-state index contributed by atoms with van der Waals surface area (Å²) in [7, 11) is 0. The number of nitrogens with one attached hydrogen (secondary N) is 1. The molecule has 1 fully saturated rings. The Balaban J connectivity index is 1.33. The second kappa shape index (κ2) is 7.50. The Hall–Kier alpha value is -1.98. The van der Waals surface area contributed by atoms with Gasteiger partial charge < -0.3 is 10.1 Å². The number of hydrogen-bond donors (Lipinski definition) is 1. The van der Waals surface area contributed by atoms with Gasteiger partial charge in [0, 0.05) is 44.8 Å². The molecule has 2 aromatic rings. The summed E-state index contributed by atoms with van der Waals surface area (Å²) in [6.07, 6.45) is 2.21. The number of benzene rings is 1. The SMILES string of the molecule is Cc1nc(NCCN2CCc3ccccc3C2)cc([C@@H]2CCOC2)n1. The number of aromatic nitrogens is 2. The standard InChI is InChI=1S/C20H26N4O/c1-15-22-19(18-7-11-25-14-18)12-20(23-15)21-8-10-24-9-6-16-4-2-3-5-17(16)13-24/h2-5,12,18H,6-11,13-14H2,1H3,(H,21,22,23)/t18-/m1/s1. The predicted octanol–water partition coefficient (Wildman–Crippen LogP) is 2.76. The first-order valence-corrected chi connectivity index (χ1v) is 9.24.